The Hall–Kier alpha value is -3.27. The zero-order valence-electron chi connectivity index (χ0n) is 18.3. The van der Waals surface area contributed by atoms with Gasteiger partial charge in [0.2, 0.25) is 0 Å². The van der Waals surface area contributed by atoms with E-state index in [0.717, 1.165) is 27.8 Å². The molecule has 6 nitrogen and oxygen atoms in total. The molecule has 4 aromatic rings. The predicted molar refractivity (Wildman–Crippen MR) is 140 cm³/mol. The number of aromatic nitrogens is 3. The van der Waals surface area contributed by atoms with E-state index in [1.165, 1.54) is 12.1 Å². The van der Waals surface area contributed by atoms with Crippen LogP contribution >= 0.6 is 24.0 Å². The van der Waals surface area contributed by atoms with Crippen LogP contribution in [0.15, 0.2) is 90.4 Å². The molecule has 1 aromatic heterocycles. The molecule has 0 bridgehead atoms. The lowest BCUT2D eigenvalue weighted by Gasteiger charge is -2.15. The average Bonchev–Trinajstić information content (AvgIpc) is 3.33. The quantitative estimate of drug-likeness (QED) is 0.198. The first kappa shape index (κ1) is 24.4. The largest absolute Gasteiger partial charge is 0.352 e. The summed E-state index contributed by atoms with van der Waals surface area (Å²) in [5.74, 6) is 0.417. The van der Waals surface area contributed by atoms with Crippen molar-refractivity contribution >= 4 is 29.9 Å². The van der Waals surface area contributed by atoms with E-state index >= 15 is 0 Å². The van der Waals surface area contributed by atoms with Crippen LogP contribution in [0.5, 0.6) is 0 Å². The Labute approximate surface area is 210 Å². The average molecular weight is 556 g/mol. The molecule has 0 spiro atoms. The second-order valence-electron chi connectivity index (χ2n) is 7.36. The van der Waals surface area contributed by atoms with Gasteiger partial charge in [-0.15, -0.1) is 24.0 Å². The van der Waals surface area contributed by atoms with Crippen molar-refractivity contribution in [2.45, 2.75) is 19.6 Å². The molecule has 0 fully saturated rings. The molecule has 170 valence electrons. The maximum absolute atomic E-state index is 13.4. The Balaban J connectivity index is 0.00000306. The Morgan fingerprint density at radius 1 is 0.939 bits per heavy atom. The van der Waals surface area contributed by atoms with Crippen molar-refractivity contribution in [1.29, 1.82) is 0 Å². The second kappa shape index (κ2) is 12.1. The number of benzene rings is 3. The topological polar surface area (TPSA) is 67.1 Å². The van der Waals surface area contributed by atoms with Crippen LogP contribution in [0.4, 0.5) is 4.39 Å². The summed E-state index contributed by atoms with van der Waals surface area (Å²) in [6.45, 7) is 1.79. The SMILES string of the molecule is CN=C(NCc1cccc(F)c1)NCc1ccccc1-c1ccc(Cn2cncn2)cc1.I. The highest BCUT2D eigenvalue weighted by Gasteiger charge is 2.07. The first-order valence-electron chi connectivity index (χ1n) is 10.4. The second-order valence-corrected chi connectivity index (χ2v) is 7.36. The molecular weight excluding hydrogens is 530 g/mol. The molecule has 0 aliphatic rings. The standard InChI is InChI=1S/C25H25FN6.HI/c1-27-25(29-14-20-5-4-7-23(26)13-20)30-15-22-6-2-3-8-24(22)21-11-9-19(10-12-21)16-32-18-28-17-31-32;/h2-13,17-18H,14-16H2,1H3,(H2,27,29,30);1H. The zero-order chi connectivity index (χ0) is 22.2. The van der Waals surface area contributed by atoms with Gasteiger partial charge in [-0.1, -0.05) is 60.7 Å². The third kappa shape index (κ3) is 6.85. The number of nitrogens with one attached hydrogen (secondary N) is 2. The number of hydrogen-bond donors (Lipinski definition) is 2. The molecule has 0 unspecified atom stereocenters. The Morgan fingerprint density at radius 2 is 1.73 bits per heavy atom. The van der Waals surface area contributed by atoms with E-state index in [9.17, 15) is 4.39 Å². The number of halogens is 2. The Morgan fingerprint density at radius 3 is 2.45 bits per heavy atom. The van der Waals surface area contributed by atoms with E-state index < -0.39 is 0 Å². The lowest BCUT2D eigenvalue weighted by molar-refractivity contribution is 0.624. The van der Waals surface area contributed by atoms with Crippen molar-refractivity contribution in [2.24, 2.45) is 4.99 Å². The minimum Gasteiger partial charge on any atom is -0.352 e. The van der Waals surface area contributed by atoms with Crippen LogP contribution in [0, 0.1) is 5.82 Å². The summed E-state index contributed by atoms with van der Waals surface area (Å²) in [6.07, 6.45) is 3.25. The van der Waals surface area contributed by atoms with Crippen LogP contribution in [0.2, 0.25) is 0 Å². The predicted octanol–water partition coefficient (Wildman–Crippen LogP) is 4.62. The van der Waals surface area contributed by atoms with Crippen molar-refractivity contribution in [3.8, 4) is 11.1 Å². The van der Waals surface area contributed by atoms with E-state index in [4.69, 9.17) is 0 Å². The van der Waals surface area contributed by atoms with Crippen molar-refractivity contribution in [3.63, 3.8) is 0 Å². The monoisotopic (exact) mass is 556 g/mol. The van der Waals surface area contributed by atoms with Gasteiger partial charge in [0.05, 0.1) is 6.54 Å². The summed E-state index contributed by atoms with van der Waals surface area (Å²) >= 11 is 0. The zero-order valence-corrected chi connectivity index (χ0v) is 20.6. The molecule has 3 aromatic carbocycles. The Bertz CT molecular complexity index is 1180. The fourth-order valence-electron chi connectivity index (χ4n) is 3.48. The van der Waals surface area contributed by atoms with E-state index in [1.54, 1.807) is 30.5 Å². The number of hydrogen-bond acceptors (Lipinski definition) is 3. The molecule has 0 aliphatic heterocycles. The van der Waals surface area contributed by atoms with Gasteiger partial charge < -0.3 is 10.6 Å². The van der Waals surface area contributed by atoms with Gasteiger partial charge in [0.25, 0.3) is 0 Å². The van der Waals surface area contributed by atoms with E-state index in [2.05, 4.69) is 62.1 Å². The normalized spacial score (nSPS) is 11.0. The number of nitrogens with zero attached hydrogens (tertiary/aromatic N) is 4. The van der Waals surface area contributed by atoms with Crippen molar-refractivity contribution in [1.82, 2.24) is 25.4 Å². The molecule has 0 saturated heterocycles. The summed E-state index contributed by atoms with van der Waals surface area (Å²) in [6, 6.07) is 23.3. The highest BCUT2D eigenvalue weighted by Crippen LogP contribution is 2.24. The molecular formula is C25H26FIN6. The van der Waals surface area contributed by atoms with E-state index in [0.29, 0.717) is 25.6 Å². The molecule has 0 atom stereocenters. The van der Waals surface area contributed by atoms with Crippen LogP contribution in [-0.4, -0.2) is 27.8 Å². The van der Waals surface area contributed by atoms with Crippen molar-refractivity contribution in [2.75, 3.05) is 7.05 Å². The summed E-state index contributed by atoms with van der Waals surface area (Å²) in [7, 11) is 1.72. The molecule has 1 heterocycles. The molecule has 0 saturated carbocycles. The van der Waals surface area contributed by atoms with Gasteiger partial charge in [-0.25, -0.2) is 14.1 Å². The maximum atomic E-state index is 13.4. The molecule has 0 aliphatic carbocycles. The van der Waals surface area contributed by atoms with Crippen LogP contribution in [-0.2, 0) is 19.6 Å². The van der Waals surface area contributed by atoms with Gasteiger partial charge >= 0.3 is 0 Å². The van der Waals surface area contributed by atoms with Crippen LogP contribution in [0.1, 0.15) is 16.7 Å². The van der Waals surface area contributed by atoms with Gasteiger partial charge in [0.15, 0.2) is 5.96 Å². The Kier molecular flexibility index (Phi) is 8.94. The van der Waals surface area contributed by atoms with Gasteiger partial charge in [0, 0.05) is 20.1 Å². The third-order valence-electron chi connectivity index (χ3n) is 5.11. The smallest absolute Gasteiger partial charge is 0.191 e. The van der Waals surface area contributed by atoms with Gasteiger partial charge in [-0.2, -0.15) is 5.10 Å². The minimum atomic E-state index is -0.242. The van der Waals surface area contributed by atoms with Gasteiger partial charge in [-0.3, -0.25) is 4.99 Å². The maximum Gasteiger partial charge on any atom is 0.191 e. The molecule has 0 radical (unpaired) electrons. The minimum absolute atomic E-state index is 0. The van der Waals surface area contributed by atoms with Crippen LogP contribution < -0.4 is 10.6 Å². The first-order chi connectivity index (χ1) is 15.7. The fraction of sp³-hybridized carbons (Fsp3) is 0.160. The van der Waals surface area contributed by atoms with Crippen LogP contribution in [0.25, 0.3) is 11.1 Å². The van der Waals surface area contributed by atoms with E-state index in [-0.39, 0.29) is 29.8 Å². The molecule has 33 heavy (non-hydrogen) atoms. The highest BCUT2D eigenvalue weighted by molar-refractivity contribution is 14.0. The number of aliphatic imine (C=N–C) groups is 1. The molecule has 4 rings (SSSR count). The summed E-state index contributed by atoms with van der Waals surface area (Å²) in [4.78, 5) is 8.26. The van der Waals surface area contributed by atoms with Crippen LogP contribution in [0.3, 0.4) is 0 Å². The highest BCUT2D eigenvalue weighted by atomic mass is 127. The molecule has 0 amide bonds. The third-order valence-corrected chi connectivity index (χ3v) is 5.11. The fourth-order valence-corrected chi connectivity index (χ4v) is 3.48. The number of guanidine groups is 1. The number of rotatable bonds is 7. The lowest BCUT2D eigenvalue weighted by atomic mass is 9.98. The summed E-state index contributed by atoms with van der Waals surface area (Å²) in [5, 5.41) is 10.7. The summed E-state index contributed by atoms with van der Waals surface area (Å²) in [5.41, 5.74) is 5.49. The van der Waals surface area contributed by atoms with Gasteiger partial charge in [0.1, 0.15) is 18.5 Å². The van der Waals surface area contributed by atoms with Crippen molar-refractivity contribution < 1.29 is 4.39 Å². The van der Waals surface area contributed by atoms with Gasteiger partial charge in [-0.05, 0) is 39.9 Å². The van der Waals surface area contributed by atoms with Crippen molar-refractivity contribution in [3.05, 3.63) is 108 Å². The summed E-state index contributed by atoms with van der Waals surface area (Å²) < 4.78 is 15.2. The molecule has 8 heteroatoms. The molecule has 2 N–H and O–H groups in total. The lowest BCUT2D eigenvalue weighted by Crippen LogP contribution is -2.36. The van der Waals surface area contributed by atoms with E-state index in [1.807, 2.05) is 18.2 Å². The first-order valence-corrected chi connectivity index (χ1v) is 10.4.